The minimum atomic E-state index is -5.78. The van der Waals surface area contributed by atoms with E-state index < -0.39 is 36.8 Å². The number of rotatable bonds is 8. The molecule has 0 saturated heterocycles. The fourth-order valence-corrected chi connectivity index (χ4v) is 1.69. The molecule has 0 saturated carbocycles. The maximum atomic E-state index is 13.1. The molecule has 0 bridgehead atoms. The summed E-state index contributed by atoms with van der Waals surface area (Å²) in [6, 6.07) is 4.43. The first-order chi connectivity index (χ1) is 12.0. The number of hydrogen-bond acceptors (Lipinski definition) is 4. The Kier molecular flexibility index (Phi) is 7.46. The molecular formula is C16H16F6O4. The van der Waals surface area contributed by atoms with Crippen LogP contribution in [0.25, 0.3) is 0 Å². The summed E-state index contributed by atoms with van der Waals surface area (Å²) in [7, 11) is 0. The van der Waals surface area contributed by atoms with Gasteiger partial charge in [-0.05, 0) is 30.7 Å². The second kappa shape index (κ2) is 8.91. The first-order valence-corrected chi connectivity index (χ1v) is 7.52. The van der Waals surface area contributed by atoms with Crippen LogP contribution in [0.3, 0.4) is 0 Å². The summed E-state index contributed by atoms with van der Waals surface area (Å²) in [5.41, 5.74) is -0.211. The van der Waals surface area contributed by atoms with Gasteiger partial charge >= 0.3 is 24.0 Å². The van der Waals surface area contributed by atoms with Crippen molar-refractivity contribution < 1.29 is 45.4 Å². The van der Waals surface area contributed by atoms with Gasteiger partial charge in [0, 0.05) is 0 Å². The molecule has 0 aliphatic heterocycles. The fraction of sp³-hybridized carbons (Fsp3) is 0.500. The van der Waals surface area contributed by atoms with Crippen molar-refractivity contribution in [2.24, 2.45) is 0 Å². The number of ether oxygens (including phenoxy) is 2. The molecule has 0 radical (unpaired) electrons. The van der Waals surface area contributed by atoms with E-state index in [-0.39, 0.29) is 17.7 Å². The van der Waals surface area contributed by atoms with Crippen molar-refractivity contribution >= 4 is 11.9 Å². The summed E-state index contributed by atoms with van der Waals surface area (Å²) in [6.45, 7) is 0.0305. The molecule has 1 aromatic carbocycles. The van der Waals surface area contributed by atoms with Crippen molar-refractivity contribution in [2.45, 2.75) is 38.0 Å². The number of esters is 2. The van der Waals surface area contributed by atoms with Crippen LogP contribution in [0, 0.1) is 0 Å². The summed E-state index contributed by atoms with van der Waals surface area (Å²) in [4.78, 5) is 23.2. The lowest BCUT2D eigenvalue weighted by Crippen LogP contribution is -2.45. The molecule has 10 heteroatoms. The Morgan fingerprint density at radius 2 is 1.42 bits per heavy atom. The van der Waals surface area contributed by atoms with Crippen molar-refractivity contribution in [2.75, 3.05) is 13.2 Å². The lowest BCUT2D eigenvalue weighted by molar-refractivity contribution is -0.251. The van der Waals surface area contributed by atoms with E-state index in [0.29, 0.717) is 6.42 Å². The van der Waals surface area contributed by atoms with E-state index in [9.17, 15) is 35.9 Å². The lowest BCUT2D eigenvalue weighted by Gasteiger charge is -2.22. The van der Waals surface area contributed by atoms with Gasteiger partial charge in [0.1, 0.15) is 0 Å². The summed E-state index contributed by atoms with van der Waals surface area (Å²) in [6.07, 6.45) is -8.76. The van der Waals surface area contributed by atoms with Gasteiger partial charge in [-0.2, -0.15) is 22.0 Å². The smallest absolute Gasteiger partial charge is 0.425 e. The van der Waals surface area contributed by atoms with Crippen molar-refractivity contribution in [1.82, 2.24) is 0 Å². The van der Waals surface area contributed by atoms with E-state index >= 15 is 0 Å². The topological polar surface area (TPSA) is 52.6 Å². The van der Waals surface area contributed by atoms with E-state index in [2.05, 4.69) is 4.74 Å². The molecule has 1 unspecified atom stereocenters. The summed E-state index contributed by atoms with van der Waals surface area (Å²) in [5, 5.41) is 0. The Morgan fingerprint density at radius 3 is 1.85 bits per heavy atom. The van der Waals surface area contributed by atoms with E-state index in [0.717, 1.165) is 30.7 Å². The van der Waals surface area contributed by atoms with Gasteiger partial charge in [0.25, 0.3) is 6.17 Å². The zero-order valence-electron chi connectivity index (χ0n) is 13.6. The monoisotopic (exact) mass is 386 g/mol. The molecule has 0 amide bonds. The number of unbranched alkanes of at least 4 members (excludes halogenated alkanes) is 1. The quantitative estimate of drug-likeness (QED) is 0.379. The van der Waals surface area contributed by atoms with Crippen molar-refractivity contribution in [3.63, 3.8) is 0 Å². The van der Waals surface area contributed by atoms with Crippen LogP contribution >= 0.6 is 0 Å². The average Bonchev–Trinajstić information content (AvgIpc) is 2.58. The molecule has 1 aromatic rings. The fourth-order valence-electron chi connectivity index (χ4n) is 1.69. The van der Waals surface area contributed by atoms with Crippen LogP contribution in [0.15, 0.2) is 24.3 Å². The van der Waals surface area contributed by atoms with E-state index in [4.69, 9.17) is 4.74 Å². The summed E-state index contributed by atoms with van der Waals surface area (Å²) in [5.74, 6) is -6.96. The highest BCUT2D eigenvalue weighted by Crippen LogP contribution is 2.35. The zero-order valence-corrected chi connectivity index (χ0v) is 13.6. The SMILES string of the molecule is CCCCOC(=O)c1ccc(C(=O)OCC(F)(F)C(F)C(F)(F)F)cc1. The van der Waals surface area contributed by atoms with Crippen molar-refractivity contribution in [1.29, 1.82) is 0 Å². The predicted molar refractivity (Wildman–Crippen MR) is 77.8 cm³/mol. The van der Waals surface area contributed by atoms with Crippen molar-refractivity contribution in [3.8, 4) is 0 Å². The molecular weight excluding hydrogens is 370 g/mol. The molecule has 0 aliphatic rings. The Labute approximate surface area is 145 Å². The van der Waals surface area contributed by atoms with Crippen LogP contribution in [0.5, 0.6) is 0 Å². The number of halogens is 6. The second-order valence-electron chi connectivity index (χ2n) is 5.31. The number of carbonyl (C=O) groups is 2. The van der Waals surface area contributed by atoms with Gasteiger partial charge in [-0.25, -0.2) is 14.0 Å². The first kappa shape index (κ1) is 21.8. The van der Waals surface area contributed by atoms with Gasteiger partial charge < -0.3 is 9.47 Å². The molecule has 4 nitrogen and oxygen atoms in total. The highest BCUT2D eigenvalue weighted by atomic mass is 19.4. The largest absolute Gasteiger partial charge is 0.462 e. The molecule has 1 rings (SSSR count). The van der Waals surface area contributed by atoms with E-state index in [1.54, 1.807) is 0 Å². The number of carbonyl (C=O) groups excluding carboxylic acids is 2. The van der Waals surface area contributed by atoms with E-state index in [1.165, 1.54) is 0 Å². The number of benzene rings is 1. The van der Waals surface area contributed by atoms with Crippen LogP contribution < -0.4 is 0 Å². The molecule has 0 aliphatic carbocycles. The first-order valence-electron chi connectivity index (χ1n) is 7.52. The minimum absolute atomic E-state index is 0.0869. The Balaban J connectivity index is 2.64. The van der Waals surface area contributed by atoms with Crippen LogP contribution in [0.4, 0.5) is 26.3 Å². The Hall–Kier alpha value is -2.26. The molecule has 0 fully saturated rings. The maximum absolute atomic E-state index is 13.1. The standard InChI is InChI=1S/C16H16F6O4/c1-2-3-8-25-12(23)10-4-6-11(7-5-10)13(24)26-9-15(18,19)14(17)16(20,21)22/h4-7,14H,2-3,8-9H2,1H3. The molecule has 1 atom stereocenters. The third-order valence-corrected chi connectivity index (χ3v) is 3.14. The van der Waals surface area contributed by atoms with Gasteiger partial charge in [-0.3, -0.25) is 0 Å². The van der Waals surface area contributed by atoms with Gasteiger partial charge in [-0.15, -0.1) is 0 Å². The number of alkyl halides is 6. The van der Waals surface area contributed by atoms with Gasteiger partial charge in [-0.1, -0.05) is 13.3 Å². The van der Waals surface area contributed by atoms with Gasteiger partial charge in [0.2, 0.25) is 0 Å². The normalized spacial score (nSPS) is 13.2. The molecule has 146 valence electrons. The highest BCUT2D eigenvalue weighted by molar-refractivity contribution is 5.93. The van der Waals surface area contributed by atoms with Crippen LogP contribution in [-0.2, 0) is 9.47 Å². The summed E-state index contributed by atoms with van der Waals surface area (Å²) >= 11 is 0. The third-order valence-electron chi connectivity index (χ3n) is 3.14. The predicted octanol–water partition coefficient (Wildman–Crippen LogP) is 4.34. The highest BCUT2D eigenvalue weighted by Gasteiger charge is 2.57. The molecule has 0 N–H and O–H groups in total. The Morgan fingerprint density at radius 1 is 0.962 bits per heavy atom. The third kappa shape index (κ3) is 6.23. The molecule has 0 aromatic heterocycles. The van der Waals surface area contributed by atoms with Crippen LogP contribution in [0.2, 0.25) is 0 Å². The summed E-state index contributed by atoms with van der Waals surface area (Å²) < 4.78 is 83.8. The van der Waals surface area contributed by atoms with Crippen LogP contribution in [-0.4, -0.2) is 43.4 Å². The maximum Gasteiger partial charge on any atom is 0.425 e. The minimum Gasteiger partial charge on any atom is -0.462 e. The second-order valence-corrected chi connectivity index (χ2v) is 5.31. The molecule has 0 heterocycles. The van der Waals surface area contributed by atoms with Gasteiger partial charge in [0.05, 0.1) is 17.7 Å². The van der Waals surface area contributed by atoms with Crippen molar-refractivity contribution in [3.05, 3.63) is 35.4 Å². The van der Waals surface area contributed by atoms with E-state index in [1.807, 2.05) is 6.92 Å². The number of hydrogen-bond donors (Lipinski definition) is 0. The molecule has 0 spiro atoms. The zero-order chi connectivity index (χ0) is 20.0. The van der Waals surface area contributed by atoms with Gasteiger partial charge in [0.15, 0.2) is 6.61 Å². The Bertz CT molecular complexity index is 612. The lowest BCUT2D eigenvalue weighted by atomic mass is 10.1. The molecule has 26 heavy (non-hydrogen) atoms. The average molecular weight is 386 g/mol. The van der Waals surface area contributed by atoms with Crippen LogP contribution in [0.1, 0.15) is 40.5 Å².